The third-order valence-corrected chi connectivity index (χ3v) is 10.5. The number of halogens is 1. The SMILES string of the molecule is COc1nc2c(C(=O)OC3C(C(C)(C)C)CC(C)CC3C(C)(C)C)c(C3CCC(Cl)CC3)c(C(C)N(C)C)n2c(=O)[nH]1. The summed E-state index contributed by atoms with van der Waals surface area (Å²) in [6.07, 6.45) is 5.14. The Morgan fingerprint density at radius 2 is 1.60 bits per heavy atom. The lowest BCUT2D eigenvalue weighted by Gasteiger charge is -2.50. The van der Waals surface area contributed by atoms with Crippen molar-refractivity contribution in [3.8, 4) is 6.01 Å². The molecule has 2 saturated carbocycles. The predicted octanol–water partition coefficient (Wildman–Crippen LogP) is 7.20. The van der Waals surface area contributed by atoms with Gasteiger partial charge in [0.05, 0.1) is 12.8 Å². The zero-order valence-corrected chi connectivity index (χ0v) is 28.4. The largest absolute Gasteiger partial charge is 0.468 e. The Morgan fingerprint density at radius 3 is 2.07 bits per heavy atom. The van der Waals surface area contributed by atoms with Crippen LogP contribution in [0.15, 0.2) is 4.79 Å². The van der Waals surface area contributed by atoms with Gasteiger partial charge in [-0.15, -0.1) is 11.6 Å². The van der Waals surface area contributed by atoms with Crippen LogP contribution in [-0.4, -0.2) is 57.9 Å². The first kappa shape index (κ1) is 32.8. The molecule has 2 fully saturated rings. The highest BCUT2D eigenvalue weighted by Gasteiger charge is 2.49. The number of aromatic nitrogens is 3. The highest BCUT2D eigenvalue weighted by atomic mass is 35.5. The number of hydrogen-bond acceptors (Lipinski definition) is 6. The van der Waals surface area contributed by atoms with Crippen molar-refractivity contribution < 1.29 is 14.3 Å². The van der Waals surface area contributed by atoms with E-state index in [0.717, 1.165) is 49.8 Å². The van der Waals surface area contributed by atoms with Crippen LogP contribution in [0.3, 0.4) is 0 Å². The molecule has 0 amide bonds. The average Bonchev–Trinajstić information content (AvgIpc) is 3.23. The van der Waals surface area contributed by atoms with E-state index < -0.39 is 5.97 Å². The number of nitrogens with one attached hydrogen (secondary N) is 1. The fourth-order valence-electron chi connectivity index (χ4n) is 7.44. The van der Waals surface area contributed by atoms with Gasteiger partial charge in [0.1, 0.15) is 11.7 Å². The lowest BCUT2D eigenvalue weighted by molar-refractivity contribution is -0.0923. The van der Waals surface area contributed by atoms with Gasteiger partial charge in [0, 0.05) is 23.3 Å². The fourth-order valence-corrected chi connectivity index (χ4v) is 7.69. The summed E-state index contributed by atoms with van der Waals surface area (Å²) in [4.78, 5) is 37.8. The summed E-state index contributed by atoms with van der Waals surface area (Å²) in [6, 6.07) is -0.0787. The summed E-state index contributed by atoms with van der Waals surface area (Å²) in [6.45, 7) is 17.9. The van der Waals surface area contributed by atoms with E-state index in [2.05, 4.69) is 70.3 Å². The van der Waals surface area contributed by atoms with Crippen LogP contribution in [0.5, 0.6) is 6.01 Å². The zero-order valence-electron chi connectivity index (χ0n) is 27.6. The Morgan fingerprint density at radius 1 is 1.05 bits per heavy atom. The van der Waals surface area contributed by atoms with Crippen LogP contribution in [0, 0.1) is 28.6 Å². The lowest BCUT2D eigenvalue weighted by atomic mass is 9.59. The molecule has 9 heteroatoms. The summed E-state index contributed by atoms with van der Waals surface area (Å²) < 4.78 is 13.7. The summed E-state index contributed by atoms with van der Waals surface area (Å²) >= 11 is 6.54. The molecule has 4 rings (SSSR count). The molecule has 3 atom stereocenters. The van der Waals surface area contributed by atoms with E-state index in [1.54, 1.807) is 4.40 Å². The Bertz CT molecular complexity index is 1300. The molecular formula is C33H53ClN4O4. The maximum absolute atomic E-state index is 14.7. The number of carbonyl (C=O) groups is 1. The predicted molar refractivity (Wildman–Crippen MR) is 169 cm³/mol. The van der Waals surface area contributed by atoms with Crippen LogP contribution in [0.4, 0.5) is 0 Å². The second kappa shape index (κ2) is 12.1. The number of H-pyrrole nitrogens is 1. The van der Waals surface area contributed by atoms with Crippen LogP contribution in [0.25, 0.3) is 5.65 Å². The molecule has 2 aromatic heterocycles. The normalized spacial score (nSPS) is 28.2. The molecular weight excluding hydrogens is 552 g/mol. The van der Waals surface area contributed by atoms with Gasteiger partial charge in [0.25, 0.3) is 6.01 Å². The molecule has 2 aliphatic carbocycles. The molecule has 0 saturated heterocycles. The fraction of sp³-hybridized carbons (Fsp3) is 0.788. The molecule has 0 radical (unpaired) electrons. The number of rotatable bonds is 6. The molecule has 1 N–H and O–H groups in total. The first-order chi connectivity index (χ1) is 19.4. The van der Waals surface area contributed by atoms with E-state index in [9.17, 15) is 9.59 Å². The minimum Gasteiger partial charge on any atom is -0.468 e. The van der Waals surface area contributed by atoms with Crippen molar-refractivity contribution in [1.29, 1.82) is 0 Å². The minimum absolute atomic E-state index is 0.0449. The van der Waals surface area contributed by atoms with Crippen molar-refractivity contribution in [2.75, 3.05) is 21.2 Å². The molecule has 0 aliphatic heterocycles. The van der Waals surface area contributed by atoms with Gasteiger partial charge >= 0.3 is 11.7 Å². The topological polar surface area (TPSA) is 88.9 Å². The lowest BCUT2D eigenvalue weighted by Crippen LogP contribution is -2.49. The number of fused-ring (bicyclic) bond motifs is 1. The van der Waals surface area contributed by atoms with Crippen LogP contribution in [0.1, 0.15) is 127 Å². The van der Waals surface area contributed by atoms with E-state index in [-0.39, 0.29) is 57.8 Å². The number of ether oxygens (including phenoxy) is 2. The summed E-state index contributed by atoms with van der Waals surface area (Å²) in [5.41, 5.74) is 1.90. The molecule has 236 valence electrons. The first-order valence-electron chi connectivity index (χ1n) is 15.7. The number of methoxy groups -OCH3 is 1. The Hall–Kier alpha value is -2.06. The van der Waals surface area contributed by atoms with Gasteiger partial charge in [-0.25, -0.2) is 14.0 Å². The molecule has 42 heavy (non-hydrogen) atoms. The number of esters is 1. The average molecular weight is 605 g/mol. The quantitative estimate of drug-likeness (QED) is 0.277. The Kier molecular flexibility index (Phi) is 9.50. The number of aromatic amines is 1. The van der Waals surface area contributed by atoms with Crippen molar-refractivity contribution in [2.24, 2.45) is 28.6 Å². The van der Waals surface area contributed by atoms with Crippen molar-refractivity contribution in [1.82, 2.24) is 19.3 Å². The van der Waals surface area contributed by atoms with E-state index in [4.69, 9.17) is 21.1 Å². The monoisotopic (exact) mass is 604 g/mol. The van der Waals surface area contributed by atoms with Crippen molar-refractivity contribution >= 4 is 23.2 Å². The highest BCUT2D eigenvalue weighted by Crippen LogP contribution is 2.50. The van der Waals surface area contributed by atoms with Crippen LogP contribution >= 0.6 is 11.6 Å². The number of hydrogen-bond donors (Lipinski definition) is 1. The maximum atomic E-state index is 14.7. The standard InChI is InChI=1S/C33H53ClN4O4/c1-18-16-22(32(3,4)5)27(23(17-18)33(6,7)8)42-29(39)25-24(20-12-14-21(34)15-13-20)26(19(2)37(9)10)38-28(25)35-30(41-11)36-31(38)40/h18-23,27H,12-17H2,1-11H3,(H,35,36,40). The number of nitrogens with zero attached hydrogens (tertiary/aromatic N) is 3. The summed E-state index contributed by atoms with van der Waals surface area (Å²) in [7, 11) is 5.43. The Balaban J connectivity index is 1.96. The molecule has 0 aromatic carbocycles. The van der Waals surface area contributed by atoms with E-state index in [1.165, 1.54) is 7.11 Å². The smallest absolute Gasteiger partial charge is 0.342 e. The second-order valence-corrected chi connectivity index (χ2v) is 16.0. The minimum atomic E-state index is -0.393. The first-order valence-corrected chi connectivity index (χ1v) is 16.1. The van der Waals surface area contributed by atoms with Gasteiger partial charge in [-0.3, -0.25) is 4.98 Å². The van der Waals surface area contributed by atoms with Gasteiger partial charge in [-0.05, 0) is 87.8 Å². The van der Waals surface area contributed by atoms with Crippen molar-refractivity contribution in [3.05, 3.63) is 27.3 Å². The molecule has 2 aromatic rings. The maximum Gasteiger partial charge on any atom is 0.342 e. The highest BCUT2D eigenvalue weighted by molar-refractivity contribution is 6.20. The van der Waals surface area contributed by atoms with Crippen LogP contribution < -0.4 is 10.4 Å². The van der Waals surface area contributed by atoms with E-state index in [1.807, 2.05) is 14.1 Å². The van der Waals surface area contributed by atoms with Crippen molar-refractivity contribution in [2.45, 2.75) is 117 Å². The van der Waals surface area contributed by atoms with Gasteiger partial charge in [0.15, 0.2) is 5.65 Å². The Labute approximate surface area is 256 Å². The van der Waals surface area contributed by atoms with Gasteiger partial charge in [-0.1, -0.05) is 48.5 Å². The van der Waals surface area contributed by atoms with Gasteiger partial charge < -0.3 is 14.4 Å². The third kappa shape index (κ3) is 6.40. The molecule has 2 heterocycles. The van der Waals surface area contributed by atoms with E-state index >= 15 is 0 Å². The van der Waals surface area contributed by atoms with Crippen LogP contribution in [-0.2, 0) is 4.74 Å². The molecule has 2 aliphatic rings. The molecule has 0 spiro atoms. The van der Waals surface area contributed by atoms with Gasteiger partial charge in [-0.2, -0.15) is 4.98 Å². The van der Waals surface area contributed by atoms with E-state index in [0.29, 0.717) is 17.1 Å². The number of alkyl halides is 1. The zero-order chi connectivity index (χ0) is 31.3. The number of carbonyl (C=O) groups excluding carboxylic acids is 1. The van der Waals surface area contributed by atoms with Crippen molar-refractivity contribution in [3.63, 3.8) is 0 Å². The molecule has 3 unspecified atom stereocenters. The van der Waals surface area contributed by atoms with Gasteiger partial charge in [0.2, 0.25) is 0 Å². The van der Waals surface area contributed by atoms with Crippen LogP contribution in [0.2, 0.25) is 0 Å². The molecule has 0 bridgehead atoms. The summed E-state index contributed by atoms with van der Waals surface area (Å²) in [5, 5.41) is 0.120. The second-order valence-electron chi connectivity index (χ2n) is 15.4. The molecule has 8 nitrogen and oxygen atoms in total. The third-order valence-electron chi connectivity index (χ3n) is 10.1. The summed E-state index contributed by atoms with van der Waals surface area (Å²) in [5.74, 6) is 0.613.